The predicted octanol–water partition coefficient (Wildman–Crippen LogP) is 4.63. The van der Waals surface area contributed by atoms with Crippen LogP contribution in [0.4, 0.5) is 0 Å². The van der Waals surface area contributed by atoms with E-state index < -0.39 is 9.04 Å². The molecule has 0 aliphatic carbocycles. The molecule has 0 spiro atoms. The van der Waals surface area contributed by atoms with Crippen molar-refractivity contribution in [1.29, 1.82) is 0 Å². The van der Waals surface area contributed by atoms with Crippen LogP contribution in [0.2, 0.25) is 0 Å². The first-order valence-corrected chi connectivity index (χ1v) is 9.91. The molecule has 0 saturated carbocycles. The van der Waals surface area contributed by atoms with Crippen molar-refractivity contribution in [1.82, 2.24) is 0 Å². The summed E-state index contributed by atoms with van der Waals surface area (Å²) in [5.41, 5.74) is 2.63. The molecular formula is C21H21O2Si. The van der Waals surface area contributed by atoms with Crippen molar-refractivity contribution in [3.05, 3.63) is 96.1 Å². The van der Waals surface area contributed by atoms with E-state index in [1.54, 1.807) is 7.11 Å². The number of ether oxygens (including phenoxy) is 1. The summed E-state index contributed by atoms with van der Waals surface area (Å²) in [4.78, 5) is 0. The van der Waals surface area contributed by atoms with Crippen molar-refractivity contribution in [2.75, 3.05) is 7.11 Å². The lowest BCUT2D eigenvalue weighted by Gasteiger charge is -2.19. The highest BCUT2D eigenvalue weighted by molar-refractivity contribution is 6.51. The first-order valence-electron chi connectivity index (χ1n) is 8.08. The molecule has 0 saturated heterocycles. The minimum absolute atomic E-state index is 0.793. The van der Waals surface area contributed by atoms with Crippen molar-refractivity contribution < 1.29 is 9.16 Å². The van der Waals surface area contributed by atoms with Crippen LogP contribution in [0, 0.1) is 0 Å². The normalized spacial score (nSPS) is 10.6. The molecule has 3 aromatic rings. The molecule has 3 heteroatoms. The molecule has 0 aromatic heterocycles. The summed E-state index contributed by atoms with van der Waals surface area (Å²) in [6.45, 7) is 0. The van der Waals surface area contributed by atoms with E-state index in [0.29, 0.717) is 0 Å². The fraction of sp³-hybridized carbons (Fsp3) is 0.143. The third-order valence-electron chi connectivity index (χ3n) is 3.81. The summed E-state index contributed by atoms with van der Waals surface area (Å²) in [6.07, 6.45) is 0. The van der Waals surface area contributed by atoms with Gasteiger partial charge in [-0.15, -0.1) is 0 Å². The van der Waals surface area contributed by atoms with Gasteiger partial charge in [0.25, 0.3) is 9.04 Å². The van der Waals surface area contributed by atoms with Crippen molar-refractivity contribution in [2.24, 2.45) is 0 Å². The van der Waals surface area contributed by atoms with Crippen LogP contribution in [0.25, 0.3) is 0 Å². The van der Waals surface area contributed by atoms with E-state index in [-0.39, 0.29) is 0 Å². The first kappa shape index (κ1) is 16.3. The van der Waals surface area contributed by atoms with E-state index in [2.05, 4.69) is 48.5 Å². The Bertz CT molecular complexity index is 703. The van der Waals surface area contributed by atoms with Gasteiger partial charge in [0.15, 0.2) is 5.75 Å². The van der Waals surface area contributed by atoms with Crippen LogP contribution in [-0.2, 0) is 12.1 Å². The third-order valence-corrected chi connectivity index (χ3v) is 5.93. The zero-order valence-corrected chi connectivity index (χ0v) is 14.8. The molecular weight excluding hydrogens is 312 g/mol. The Balaban J connectivity index is 1.81. The number of hydrogen-bond acceptors (Lipinski definition) is 2. The van der Waals surface area contributed by atoms with Crippen molar-refractivity contribution in [3.63, 3.8) is 0 Å². The Hall–Kier alpha value is -2.52. The molecule has 24 heavy (non-hydrogen) atoms. The molecule has 3 rings (SSSR count). The molecule has 0 aliphatic rings. The maximum Gasteiger partial charge on any atom is 0.290 e. The Labute approximate surface area is 145 Å². The van der Waals surface area contributed by atoms with Crippen LogP contribution in [-0.4, -0.2) is 16.2 Å². The molecule has 0 atom stereocenters. The van der Waals surface area contributed by atoms with E-state index in [1.165, 1.54) is 11.1 Å². The maximum absolute atomic E-state index is 6.42. The van der Waals surface area contributed by atoms with Gasteiger partial charge in [0.1, 0.15) is 5.75 Å². The monoisotopic (exact) mass is 333 g/mol. The third kappa shape index (κ3) is 4.49. The molecule has 0 N–H and O–H groups in total. The molecule has 0 fully saturated rings. The average Bonchev–Trinajstić information content (AvgIpc) is 2.64. The predicted molar refractivity (Wildman–Crippen MR) is 99.7 cm³/mol. The molecule has 0 bridgehead atoms. The molecule has 0 unspecified atom stereocenters. The van der Waals surface area contributed by atoms with E-state index in [4.69, 9.17) is 9.16 Å². The highest BCUT2D eigenvalue weighted by Gasteiger charge is 2.19. The highest BCUT2D eigenvalue weighted by atomic mass is 28.3. The van der Waals surface area contributed by atoms with Gasteiger partial charge in [-0.05, 0) is 23.3 Å². The highest BCUT2D eigenvalue weighted by Crippen LogP contribution is 2.27. The van der Waals surface area contributed by atoms with E-state index >= 15 is 0 Å². The molecule has 1 radical (unpaired) electrons. The van der Waals surface area contributed by atoms with Gasteiger partial charge < -0.3 is 9.16 Å². The second-order valence-corrected chi connectivity index (χ2v) is 7.60. The fourth-order valence-corrected chi connectivity index (χ4v) is 4.77. The quantitative estimate of drug-likeness (QED) is 0.587. The van der Waals surface area contributed by atoms with Crippen molar-refractivity contribution in [3.8, 4) is 11.5 Å². The lowest BCUT2D eigenvalue weighted by molar-refractivity contribution is 0.393. The van der Waals surface area contributed by atoms with Gasteiger partial charge in [-0.1, -0.05) is 72.8 Å². The van der Waals surface area contributed by atoms with Gasteiger partial charge in [0.2, 0.25) is 0 Å². The standard InChI is InChI=1S/C21H21O2Si/c1-22-20-14-8-9-15-21(20)23-24(16-18-10-4-2-5-11-18)17-19-12-6-3-7-13-19/h2-15H,16-17H2,1H3. The number of para-hydroxylation sites is 2. The van der Waals surface area contributed by atoms with Crippen molar-refractivity contribution >= 4 is 9.04 Å². The summed E-state index contributed by atoms with van der Waals surface area (Å²) in [5, 5.41) is 0. The minimum atomic E-state index is -1.11. The largest absolute Gasteiger partial charge is 0.539 e. The lowest BCUT2D eigenvalue weighted by atomic mass is 10.2. The van der Waals surface area contributed by atoms with Gasteiger partial charge in [-0.2, -0.15) is 0 Å². The summed E-state index contributed by atoms with van der Waals surface area (Å²) in [6, 6.07) is 30.9. The Morgan fingerprint density at radius 3 is 1.58 bits per heavy atom. The smallest absolute Gasteiger partial charge is 0.290 e. The van der Waals surface area contributed by atoms with E-state index in [1.807, 2.05) is 36.4 Å². The van der Waals surface area contributed by atoms with Gasteiger partial charge in [0.05, 0.1) is 7.11 Å². The van der Waals surface area contributed by atoms with Crippen molar-refractivity contribution in [2.45, 2.75) is 12.1 Å². The minimum Gasteiger partial charge on any atom is -0.539 e. The molecule has 2 nitrogen and oxygen atoms in total. The Morgan fingerprint density at radius 1 is 0.625 bits per heavy atom. The number of methoxy groups -OCH3 is 1. The van der Waals surface area contributed by atoms with Crippen LogP contribution >= 0.6 is 0 Å². The summed E-state index contributed by atoms with van der Waals surface area (Å²) < 4.78 is 11.9. The zero-order chi connectivity index (χ0) is 16.6. The second-order valence-electron chi connectivity index (χ2n) is 5.62. The first-order chi connectivity index (χ1) is 11.8. The van der Waals surface area contributed by atoms with Gasteiger partial charge >= 0.3 is 0 Å². The number of hydrogen-bond donors (Lipinski definition) is 0. The summed E-state index contributed by atoms with van der Waals surface area (Å²) in [5.74, 6) is 1.63. The topological polar surface area (TPSA) is 18.5 Å². The molecule has 0 amide bonds. The lowest BCUT2D eigenvalue weighted by Crippen LogP contribution is -2.29. The molecule has 121 valence electrons. The number of benzene rings is 3. The van der Waals surface area contributed by atoms with Crippen LogP contribution in [0.3, 0.4) is 0 Å². The van der Waals surface area contributed by atoms with Crippen LogP contribution < -0.4 is 9.16 Å². The fourth-order valence-electron chi connectivity index (χ4n) is 2.64. The maximum atomic E-state index is 6.42. The van der Waals surface area contributed by atoms with E-state index in [9.17, 15) is 0 Å². The Kier molecular flexibility index (Phi) is 5.69. The van der Waals surface area contributed by atoms with Crippen LogP contribution in [0.5, 0.6) is 11.5 Å². The van der Waals surface area contributed by atoms with Gasteiger partial charge in [0, 0.05) is 12.1 Å². The molecule has 3 aromatic carbocycles. The molecule has 0 heterocycles. The van der Waals surface area contributed by atoms with E-state index in [0.717, 1.165) is 23.6 Å². The average molecular weight is 333 g/mol. The second kappa shape index (κ2) is 8.36. The zero-order valence-electron chi connectivity index (χ0n) is 13.8. The van der Waals surface area contributed by atoms with Gasteiger partial charge in [-0.25, -0.2) is 0 Å². The van der Waals surface area contributed by atoms with Crippen LogP contribution in [0.1, 0.15) is 11.1 Å². The van der Waals surface area contributed by atoms with Crippen LogP contribution in [0.15, 0.2) is 84.9 Å². The molecule has 0 aliphatic heterocycles. The summed E-state index contributed by atoms with van der Waals surface area (Å²) in [7, 11) is 0.570. The summed E-state index contributed by atoms with van der Waals surface area (Å²) >= 11 is 0. The SMILES string of the molecule is COc1ccccc1O[Si](Cc1ccccc1)Cc1ccccc1. The number of rotatable bonds is 7. The Morgan fingerprint density at radius 2 is 1.08 bits per heavy atom. The van der Waals surface area contributed by atoms with Gasteiger partial charge in [-0.3, -0.25) is 0 Å².